The summed E-state index contributed by atoms with van der Waals surface area (Å²) < 4.78 is 5.27. The van der Waals surface area contributed by atoms with Crippen LogP contribution in [0.5, 0.6) is 0 Å². The van der Waals surface area contributed by atoms with Gasteiger partial charge in [-0.1, -0.05) is 30.3 Å². The Morgan fingerprint density at radius 1 is 1.25 bits per heavy atom. The second kappa shape index (κ2) is 6.27. The SMILES string of the molecule is O=C(NC1CCCN(C2CC2)C1)OCc1ccccc1. The molecule has 108 valence electrons. The summed E-state index contributed by atoms with van der Waals surface area (Å²) in [5.41, 5.74) is 1.02. The molecule has 1 heterocycles. The summed E-state index contributed by atoms with van der Waals surface area (Å²) in [4.78, 5) is 14.3. The van der Waals surface area contributed by atoms with Crippen LogP contribution in [0.2, 0.25) is 0 Å². The molecule has 1 aliphatic carbocycles. The summed E-state index contributed by atoms with van der Waals surface area (Å²) in [6.45, 7) is 2.50. The first-order valence-electron chi connectivity index (χ1n) is 7.52. The predicted octanol–water partition coefficient (Wildman–Crippen LogP) is 2.54. The van der Waals surface area contributed by atoms with E-state index in [0.29, 0.717) is 6.61 Å². The summed E-state index contributed by atoms with van der Waals surface area (Å²) in [5.74, 6) is 0. The highest BCUT2D eigenvalue weighted by Crippen LogP contribution is 2.29. The topological polar surface area (TPSA) is 41.6 Å². The first-order chi connectivity index (χ1) is 9.81. The molecular formula is C16H22N2O2. The number of piperidine rings is 1. The molecule has 0 aromatic heterocycles. The van der Waals surface area contributed by atoms with E-state index in [1.165, 1.54) is 25.8 Å². The van der Waals surface area contributed by atoms with E-state index in [2.05, 4.69) is 10.2 Å². The molecule has 4 heteroatoms. The lowest BCUT2D eigenvalue weighted by molar-refractivity contribution is 0.122. The van der Waals surface area contributed by atoms with E-state index in [1.54, 1.807) is 0 Å². The Balaban J connectivity index is 1.41. The van der Waals surface area contributed by atoms with E-state index in [9.17, 15) is 4.79 Å². The van der Waals surface area contributed by atoms with E-state index in [-0.39, 0.29) is 12.1 Å². The molecule has 4 nitrogen and oxygen atoms in total. The zero-order chi connectivity index (χ0) is 13.8. The average molecular weight is 274 g/mol. The van der Waals surface area contributed by atoms with Gasteiger partial charge in [-0.05, 0) is 37.8 Å². The number of carbonyl (C=O) groups excluding carboxylic acids is 1. The van der Waals surface area contributed by atoms with Crippen molar-refractivity contribution in [3.63, 3.8) is 0 Å². The summed E-state index contributed by atoms with van der Waals surface area (Å²) >= 11 is 0. The van der Waals surface area contributed by atoms with Gasteiger partial charge in [-0.25, -0.2) is 4.79 Å². The Labute approximate surface area is 120 Å². The molecule has 1 atom stereocenters. The number of nitrogens with zero attached hydrogens (tertiary/aromatic N) is 1. The van der Waals surface area contributed by atoms with Gasteiger partial charge < -0.3 is 10.1 Å². The second-order valence-electron chi connectivity index (χ2n) is 5.77. The molecular weight excluding hydrogens is 252 g/mol. The lowest BCUT2D eigenvalue weighted by atomic mass is 10.1. The zero-order valence-electron chi connectivity index (χ0n) is 11.8. The maximum atomic E-state index is 11.8. The maximum absolute atomic E-state index is 11.8. The van der Waals surface area contributed by atoms with Crippen LogP contribution in [0.25, 0.3) is 0 Å². The van der Waals surface area contributed by atoms with Crippen LogP contribution in [0.1, 0.15) is 31.2 Å². The number of likely N-dealkylation sites (tertiary alicyclic amines) is 1. The minimum Gasteiger partial charge on any atom is -0.445 e. The minimum absolute atomic E-state index is 0.243. The van der Waals surface area contributed by atoms with Crippen LogP contribution in [-0.2, 0) is 11.3 Å². The molecule has 1 amide bonds. The fourth-order valence-electron chi connectivity index (χ4n) is 2.83. The minimum atomic E-state index is -0.295. The number of amides is 1. The highest BCUT2D eigenvalue weighted by Gasteiger charge is 2.32. The molecule has 1 unspecified atom stereocenters. The quantitative estimate of drug-likeness (QED) is 0.917. The Morgan fingerprint density at radius 3 is 2.80 bits per heavy atom. The second-order valence-corrected chi connectivity index (χ2v) is 5.77. The van der Waals surface area contributed by atoms with E-state index < -0.39 is 0 Å². The van der Waals surface area contributed by atoms with Gasteiger partial charge in [0.2, 0.25) is 0 Å². The van der Waals surface area contributed by atoms with Gasteiger partial charge in [0, 0.05) is 18.6 Å². The molecule has 1 saturated heterocycles. The zero-order valence-corrected chi connectivity index (χ0v) is 11.8. The van der Waals surface area contributed by atoms with E-state index in [1.807, 2.05) is 30.3 Å². The fraction of sp³-hybridized carbons (Fsp3) is 0.562. The Hall–Kier alpha value is -1.55. The lowest BCUT2D eigenvalue weighted by Crippen LogP contribution is -2.48. The summed E-state index contributed by atoms with van der Waals surface area (Å²) in [6.07, 6.45) is 4.58. The molecule has 0 bridgehead atoms. The van der Waals surface area contributed by atoms with Gasteiger partial charge in [0.05, 0.1) is 0 Å². The van der Waals surface area contributed by atoms with Gasteiger partial charge >= 0.3 is 6.09 Å². The largest absolute Gasteiger partial charge is 0.445 e. The average Bonchev–Trinajstić information content (AvgIpc) is 3.31. The standard InChI is InChI=1S/C16H22N2O2/c19-16(20-12-13-5-2-1-3-6-13)17-14-7-4-10-18(11-14)15-8-9-15/h1-3,5-6,14-15H,4,7-12H2,(H,17,19). The normalized spacial score (nSPS) is 23.3. The van der Waals surface area contributed by atoms with Crippen molar-refractivity contribution in [2.45, 2.75) is 44.4 Å². The highest BCUT2D eigenvalue weighted by atomic mass is 16.5. The molecule has 1 aromatic carbocycles. The molecule has 2 aliphatic rings. The van der Waals surface area contributed by atoms with Gasteiger partial charge in [-0.15, -0.1) is 0 Å². The third-order valence-corrected chi connectivity index (χ3v) is 4.05. The van der Waals surface area contributed by atoms with Crippen molar-refractivity contribution in [1.29, 1.82) is 0 Å². The number of hydrogen-bond donors (Lipinski definition) is 1. The summed E-state index contributed by atoms with van der Waals surface area (Å²) in [6, 6.07) is 10.8. The number of alkyl carbamates (subject to hydrolysis) is 1. The molecule has 1 aromatic rings. The molecule has 1 aliphatic heterocycles. The monoisotopic (exact) mass is 274 g/mol. The van der Waals surface area contributed by atoms with Crippen molar-refractivity contribution in [2.24, 2.45) is 0 Å². The van der Waals surface area contributed by atoms with Gasteiger partial charge in [0.1, 0.15) is 6.61 Å². The van der Waals surface area contributed by atoms with Crippen LogP contribution in [0.4, 0.5) is 4.79 Å². The van der Waals surface area contributed by atoms with Crippen molar-refractivity contribution in [3.8, 4) is 0 Å². The number of ether oxygens (including phenoxy) is 1. The van der Waals surface area contributed by atoms with E-state index >= 15 is 0 Å². The van der Waals surface area contributed by atoms with Gasteiger partial charge in [0.25, 0.3) is 0 Å². The van der Waals surface area contributed by atoms with Crippen molar-refractivity contribution in [2.75, 3.05) is 13.1 Å². The predicted molar refractivity (Wildman–Crippen MR) is 77.4 cm³/mol. The fourth-order valence-corrected chi connectivity index (χ4v) is 2.83. The van der Waals surface area contributed by atoms with Crippen LogP contribution in [0, 0.1) is 0 Å². The molecule has 1 saturated carbocycles. The number of nitrogens with one attached hydrogen (secondary N) is 1. The van der Waals surface area contributed by atoms with Crippen molar-refractivity contribution in [1.82, 2.24) is 10.2 Å². The van der Waals surface area contributed by atoms with Gasteiger partial charge in [-0.3, -0.25) is 4.90 Å². The molecule has 1 N–H and O–H groups in total. The van der Waals surface area contributed by atoms with Crippen LogP contribution in [-0.4, -0.2) is 36.2 Å². The lowest BCUT2D eigenvalue weighted by Gasteiger charge is -2.32. The first-order valence-corrected chi connectivity index (χ1v) is 7.52. The van der Waals surface area contributed by atoms with Gasteiger partial charge in [0.15, 0.2) is 0 Å². The Bertz CT molecular complexity index is 445. The van der Waals surface area contributed by atoms with Crippen LogP contribution in [0.3, 0.4) is 0 Å². The molecule has 20 heavy (non-hydrogen) atoms. The smallest absolute Gasteiger partial charge is 0.407 e. The number of hydrogen-bond acceptors (Lipinski definition) is 3. The third-order valence-electron chi connectivity index (χ3n) is 4.05. The first kappa shape index (κ1) is 13.4. The molecule has 3 rings (SSSR count). The molecule has 0 spiro atoms. The van der Waals surface area contributed by atoms with E-state index in [4.69, 9.17) is 4.74 Å². The summed E-state index contributed by atoms with van der Waals surface area (Å²) in [7, 11) is 0. The van der Waals surface area contributed by atoms with E-state index in [0.717, 1.165) is 24.6 Å². The van der Waals surface area contributed by atoms with Crippen molar-refractivity contribution in [3.05, 3.63) is 35.9 Å². The van der Waals surface area contributed by atoms with Crippen molar-refractivity contribution >= 4 is 6.09 Å². The third kappa shape index (κ3) is 3.73. The number of benzene rings is 1. The number of carbonyl (C=O) groups is 1. The van der Waals surface area contributed by atoms with Crippen molar-refractivity contribution < 1.29 is 9.53 Å². The Kier molecular flexibility index (Phi) is 4.21. The van der Waals surface area contributed by atoms with Crippen LogP contribution in [0.15, 0.2) is 30.3 Å². The van der Waals surface area contributed by atoms with Crippen LogP contribution >= 0.6 is 0 Å². The number of rotatable bonds is 4. The highest BCUT2D eigenvalue weighted by molar-refractivity contribution is 5.67. The maximum Gasteiger partial charge on any atom is 0.407 e. The Morgan fingerprint density at radius 2 is 2.05 bits per heavy atom. The summed E-state index contributed by atoms with van der Waals surface area (Å²) in [5, 5.41) is 3.00. The van der Waals surface area contributed by atoms with Crippen LogP contribution < -0.4 is 5.32 Å². The molecule has 0 radical (unpaired) electrons. The van der Waals surface area contributed by atoms with Gasteiger partial charge in [-0.2, -0.15) is 0 Å². The molecule has 2 fully saturated rings.